The Kier molecular flexibility index (Phi) is 5.49. The van der Waals surface area contributed by atoms with Crippen LogP contribution in [0.2, 0.25) is 0 Å². The maximum absolute atomic E-state index is 3.70. The maximum Gasteiger partial charge on any atom is -0.00975 e. The third-order valence-corrected chi connectivity index (χ3v) is 2.14. The van der Waals surface area contributed by atoms with Gasteiger partial charge in [-0.05, 0) is 31.2 Å². The molecule has 1 rings (SSSR count). The third kappa shape index (κ3) is 4.66. The number of hydrogen-bond acceptors (Lipinski definition) is 0. The average molecular weight is 186 g/mol. The van der Waals surface area contributed by atoms with Gasteiger partial charge in [-0.2, -0.15) is 0 Å². The quantitative estimate of drug-likeness (QED) is 0.462. The zero-order valence-electron chi connectivity index (χ0n) is 8.65. The molecule has 0 unspecified atom stereocenters. The van der Waals surface area contributed by atoms with Crippen molar-refractivity contribution in [3.8, 4) is 0 Å². The number of allylic oxidation sites excluding steroid dienone is 3. The summed E-state index contributed by atoms with van der Waals surface area (Å²) in [6, 6.07) is 10.5. The predicted molar refractivity (Wildman–Crippen MR) is 63.3 cm³/mol. The molecule has 0 atom stereocenters. The smallest absolute Gasteiger partial charge is 0.00975 e. The highest BCUT2D eigenvalue weighted by Gasteiger charge is 1.85. The van der Waals surface area contributed by atoms with Gasteiger partial charge in [-0.3, -0.25) is 0 Å². The van der Waals surface area contributed by atoms with Crippen molar-refractivity contribution in [2.24, 2.45) is 0 Å². The summed E-state index contributed by atoms with van der Waals surface area (Å²) in [5, 5.41) is 0. The molecule has 1 aromatic carbocycles. The van der Waals surface area contributed by atoms with Crippen LogP contribution >= 0.6 is 0 Å². The molecule has 0 spiro atoms. The van der Waals surface area contributed by atoms with E-state index in [1.165, 1.54) is 18.4 Å². The van der Waals surface area contributed by atoms with Gasteiger partial charge in [0.25, 0.3) is 0 Å². The van der Waals surface area contributed by atoms with E-state index < -0.39 is 0 Å². The van der Waals surface area contributed by atoms with E-state index in [2.05, 4.69) is 49.1 Å². The van der Waals surface area contributed by atoms with Gasteiger partial charge in [-0.1, -0.05) is 48.6 Å². The maximum atomic E-state index is 3.70. The summed E-state index contributed by atoms with van der Waals surface area (Å²) in [7, 11) is 0. The molecule has 1 aromatic rings. The molecular weight excluding hydrogens is 168 g/mol. The van der Waals surface area contributed by atoms with Crippen molar-refractivity contribution in [1.82, 2.24) is 0 Å². The Morgan fingerprint density at radius 3 is 2.50 bits per heavy atom. The van der Waals surface area contributed by atoms with Crippen molar-refractivity contribution < 1.29 is 0 Å². The lowest BCUT2D eigenvalue weighted by Gasteiger charge is -1.94. The molecule has 0 heteroatoms. The van der Waals surface area contributed by atoms with Crippen molar-refractivity contribution in [2.45, 2.75) is 25.7 Å². The Morgan fingerprint density at radius 2 is 1.79 bits per heavy atom. The first kappa shape index (κ1) is 10.8. The van der Waals surface area contributed by atoms with Gasteiger partial charge in [0.2, 0.25) is 0 Å². The standard InChI is InChI=1S/C14H18/c1-2-3-4-5-6-8-11-14-12-9-7-10-13-14/h2,6-10,12-13H,1,3-5,11H2. The molecule has 0 fully saturated rings. The van der Waals surface area contributed by atoms with Gasteiger partial charge < -0.3 is 0 Å². The van der Waals surface area contributed by atoms with E-state index in [9.17, 15) is 0 Å². The fourth-order valence-corrected chi connectivity index (χ4v) is 1.33. The molecule has 0 bridgehead atoms. The van der Waals surface area contributed by atoms with Gasteiger partial charge in [0, 0.05) is 0 Å². The minimum absolute atomic E-state index is 1.05. The van der Waals surface area contributed by atoms with Gasteiger partial charge >= 0.3 is 0 Å². The minimum atomic E-state index is 1.05. The van der Waals surface area contributed by atoms with Crippen LogP contribution in [0.15, 0.2) is 55.1 Å². The van der Waals surface area contributed by atoms with E-state index in [0.717, 1.165) is 12.8 Å². The zero-order valence-corrected chi connectivity index (χ0v) is 8.65. The van der Waals surface area contributed by atoms with Crippen LogP contribution in [0, 0.1) is 0 Å². The molecule has 0 heterocycles. The molecule has 0 aromatic heterocycles. The molecule has 14 heavy (non-hydrogen) atoms. The second-order valence-electron chi connectivity index (χ2n) is 3.38. The van der Waals surface area contributed by atoms with E-state index in [0.29, 0.717) is 0 Å². The van der Waals surface area contributed by atoms with Crippen LogP contribution in [0.25, 0.3) is 0 Å². The van der Waals surface area contributed by atoms with Gasteiger partial charge in [-0.25, -0.2) is 0 Å². The Labute approximate surface area is 87.0 Å². The second kappa shape index (κ2) is 7.14. The van der Waals surface area contributed by atoms with Gasteiger partial charge in [0.1, 0.15) is 0 Å². The average Bonchev–Trinajstić information content (AvgIpc) is 2.25. The first-order chi connectivity index (χ1) is 6.93. The summed E-state index contributed by atoms with van der Waals surface area (Å²) in [6.45, 7) is 3.70. The molecule has 0 aliphatic carbocycles. The van der Waals surface area contributed by atoms with E-state index in [4.69, 9.17) is 0 Å². The topological polar surface area (TPSA) is 0 Å². The Morgan fingerprint density at radius 1 is 1.00 bits per heavy atom. The molecule has 0 aliphatic rings. The largest absolute Gasteiger partial charge is 0.103 e. The van der Waals surface area contributed by atoms with E-state index >= 15 is 0 Å². The summed E-state index contributed by atoms with van der Waals surface area (Å²) < 4.78 is 0. The number of unbranched alkanes of at least 4 members (excludes halogenated alkanes) is 2. The van der Waals surface area contributed by atoms with Gasteiger partial charge in [-0.15, -0.1) is 6.58 Å². The Bertz CT molecular complexity index is 269. The first-order valence-electron chi connectivity index (χ1n) is 5.23. The van der Waals surface area contributed by atoms with E-state index in [1.54, 1.807) is 0 Å². The summed E-state index contributed by atoms with van der Waals surface area (Å²) >= 11 is 0. The van der Waals surface area contributed by atoms with Crippen molar-refractivity contribution in [1.29, 1.82) is 0 Å². The molecule has 0 nitrogen and oxygen atoms in total. The molecule has 0 N–H and O–H groups in total. The number of rotatable bonds is 6. The number of hydrogen-bond donors (Lipinski definition) is 0. The fourth-order valence-electron chi connectivity index (χ4n) is 1.33. The van der Waals surface area contributed by atoms with Crippen LogP contribution in [0.3, 0.4) is 0 Å². The predicted octanol–water partition coefficient (Wildman–Crippen LogP) is 4.14. The van der Waals surface area contributed by atoms with Crippen LogP contribution in [0.4, 0.5) is 0 Å². The highest BCUT2D eigenvalue weighted by Crippen LogP contribution is 2.02. The molecule has 74 valence electrons. The lowest BCUT2D eigenvalue weighted by Crippen LogP contribution is -1.78. The van der Waals surface area contributed by atoms with E-state index in [-0.39, 0.29) is 0 Å². The molecule has 0 saturated carbocycles. The van der Waals surface area contributed by atoms with Crippen molar-refractivity contribution in [3.63, 3.8) is 0 Å². The molecular formula is C14H18. The number of benzene rings is 1. The Balaban J connectivity index is 2.17. The fraction of sp³-hybridized carbons (Fsp3) is 0.286. The second-order valence-corrected chi connectivity index (χ2v) is 3.38. The highest BCUT2D eigenvalue weighted by atomic mass is 13.9. The van der Waals surface area contributed by atoms with Gasteiger partial charge in [0.05, 0.1) is 0 Å². The third-order valence-electron chi connectivity index (χ3n) is 2.14. The lowest BCUT2D eigenvalue weighted by atomic mass is 10.1. The van der Waals surface area contributed by atoms with Crippen molar-refractivity contribution >= 4 is 0 Å². The lowest BCUT2D eigenvalue weighted by molar-refractivity contribution is 0.867. The van der Waals surface area contributed by atoms with Crippen LogP contribution in [0.1, 0.15) is 24.8 Å². The highest BCUT2D eigenvalue weighted by molar-refractivity contribution is 5.17. The SMILES string of the molecule is C=CCCCC=CCc1ccccc1. The molecule has 0 radical (unpaired) electrons. The van der Waals surface area contributed by atoms with Crippen LogP contribution in [-0.2, 0) is 6.42 Å². The van der Waals surface area contributed by atoms with Crippen LogP contribution in [0.5, 0.6) is 0 Å². The molecule has 0 saturated heterocycles. The zero-order chi connectivity index (χ0) is 10.1. The van der Waals surface area contributed by atoms with E-state index in [1.807, 2.05) is 6.08 Å². The summed E-state index contributed by atoms with van der Waals surface area (Å²) in [4.78, 5) is 0. The normalized spacial score (nSPS) is 10.6. The van der Waals surface area contributed by atoms with Crippen LogP contribution in [-0.4, -0.2) is 0 Å². The van der Waals surface area contributed by atoms with Gasteiger partial charge in [0.15, 0.2) is 0 Å². The molecule has 0 aliphatic heterocycles. The van der Waals surface area contributed by atoms with Crippen LogP contribution < -0.4 is 0 Å². The van der Waals surface area contributed by atoms with Crippen molar-refractivity contribution in [3.05, 3.63) is 60.7 Å². The summed E-state index contributed by atoms with van der Waals surface area (Å²) in [5.74, 6) is 0. The minimum Gasteiger partial charge on any atom is -0.103 e. The first-order valence-corrected chi connectivity index (χ1v) is 5.23. The summed E-state index contributed by atoms with van der Waals surface area (Å²) in [5.41, 5.74) is 1.38. The van der Waals surface area contributed by atoms with Crippen molar-refractivity contribution in [2.75, 3.05) is 0 Å². The monoisotopic (exact) mass is 186 g/mol. The molecule has 0 amide bonds. The Hall–Kier alpha value is -1.30. The summed E-state index contributed by atoms with van der Waals surface area (Å²) in [6.07, 6.45) is 11.0.